The van der Waals surface area contributed by atoms with Crippen LogP contribution in [0.5, 0.6) is 0 Å². The molecule has 0 saturated carbocycles. The van der Waals surface area contributed by atoms with Crippen LogP contribution in [0.15, 0.2) is 55.0 Å². The van der Waals surface area contributed by atoms with Gasteiger partial charge in [0.2, 0.25) is 5.95 Å². The van der Waals surface area contributed by atoms with Gasteiger partial charge in [-0.3, -0.25) is 0 Å². The van der Waals surface area contributed by atoms with Crippen molar-refractivity contribution in [3.8, 4) is 0 Å². The fourth-order valence-electron chi connectivity index (χ4n) is 4.35. The number of nitrogens with zero attached hydrogens (tertiary/aromatic N) is 6. The minimum absolute atomic E-state index is 0.0221. The number of benzene rings is 1. The fraction of sp³-hybridized carbons (Fsp3) is 0.318. The molecule has 0 radical (unpaired) electrons. The highest BCUT2D eigenvalue weighted by molar-refractivity contribution is 7.92. The lowest BCUT2D eigenvalue weighted by Crippen LogP contribution is -2.45. The SMILES string of the molecule is Cc1ccc(C2(CO)CCN(c3cccn4nc(Nc5cnn(SF)c5)nc34)CC2)cc1. The highest BCUT2D eigenvalue weighted by Crippen LogP contribution is 2.37. The number of aromatic nitrogens is 5. The van der Waals surface area contributed by atoms with E-state index in [9.17, 15) is 8.99 Å². The van der Waals surface area contributed by atoms with Crippen LogP contribution in [0.2, 0.25) is 0 Å². The quantitative estimate of drug-likeness (QED) is 0.458. The molecule has 32 heavy (non-hydrogen) atoms. The van der Waals surface area contributed by atoms with Gasteiger partial charge in [0.15, 0.2) is 18.0 Å². The van der Waals surface area contributed by atoms with Crippen LogP contribution < -0.4 is 10.2 Å². The molecular weight excluding hydrogens is 429 g/mol. The molecular formula is C22H24FN7OS. The number of fused-ring (bicyclic) bond motifs is 1. The molecule has 166 valence electrons. The van der Waals surface area contributed by atoms with E-state index >= 15 is 0 Å². The largest absolute Gasteiger partial charge is 0.395 e. The van der Waals surface area contributed by atoms with E-state index in [1.807, 2.05) is 18.3 Å². The van der Waals surface area contributed by atoms with Gasteiger partial charge in [-0.05, 0) is 37.5 Å². The Balaban J connectivity index is 1.37. The summed E-state index contributed by atoms with van der Waals surface area (Å²) < 4.78 is 15.5. The van der Waals surface area contributed by atoms with E-state index in [1.165, 1.54) is 23.5 Å². The van der Waals surface area contributed by atoms with E-state index in [2.05, 4.69) is 56.6 Å². The van der Waals surface area contributed by atoms with Crippen LogP contribution in [0, 0.1) is 6.92 Å². The zero-order valence-electron chi connectivity index (χ0n) is 17.6. The van der Waals surface area contributed by atoms with Gasteiger partial charge in [0, 0.05) is 24.7 Å². The van der Waals surface area contributed by atoms with E-state index in [1.54, 1.807) is 4.52 Å². The Morgan fingerprint density at radius 1 is 1.19 bits per heavy atom. The predicted octanol–water partition coefficient (Wildman–Crippen LogP) is 3.89. The molecule has 8 nitrogen and oxygen atoms in total. The third-order valence-corrected chi connectivity index (χ3v) is 6.60. The van der Waals surface area contributed by atoms with Gasteiger partial charge in [0.1, 0.15) is 0 Å². The van der Waals surface area contributed by atoms with Gasteiger partial charge in [-0.1, -0.05) is 29.8 Å². The standard InChI is InChI=1S/C22H24FN7OS/c1-16-4-6-17(7-5-16)22(15-31)8-11-28(12-9-22)19-3-2-10-29-20(19)26-21(27-29)25-18-13-24-30(14-18)32-23/h2-7,10,13-14,31H,8-9,11-12,15H2,1H3,(H,25,27). The number of hydrogen-bond acceptors (Lipinski definition) is 7. The molecule has 5 rings (SSSR count). The summed E-state index contributed by atoms with van der Waals surface area (Å²) in [6, 6.07) is 12.5. The van der Waals surface area contributed by atoms with Crippen molar-refractivity contribution in [1.29, 1.82) is 0 Å². The molecule has 1 aliphatic rings. The maximum atomic E-state index is 12.6. The molecule has 1 aliphatic heterocycles. The molecule has 2 N–H and O–H groups in total. The number of aliphatic hydroxyl groups is 1. The number of piperidine rings is 1. The van der Waals surface area contributed by atoms with Gasteiger partial charge in [-0.15, -0.1) is 8.98 Å². The number of rotatable bonds is 6. The lowest BCUT2D eigenvalue weighted by molar-refractivity contribution is 0.165. The molecule has 1 fully saturated rings. The highest BCUT2D eigenvalue weighted by atomic mass is 32.2. The van der Waals surface area contributed by atoms with E-state index in [-0.39, 0.29) is 24.4 Å². The van der Waals surface area contributed by atoms with Gasteiger partial charge >= 0.3 is 0 Å². The lowest BCUT2D eigenvalue weighted by Gasteiger charge is -2.42. The molecule has 4 heterocycles. The highest BCUT2D eigenvalue weighted by Gasteiger charge is 2.36. The number of hydrogen-bond donors (Lipinski definition) is 2. The molecule has 0 unspecified atom stereocenters. The van der Waals surface area contributed by atoms with Crippen molar-refractivity contribution in [3.63, 3.8) is 0 Å². The average Bonchev–Trinajstić information content (AvgIpc) is 3.46. The number of halogens is 1. The Morgan fingerprint density at radius 3 is 2.66 bits per heavy atom. The second-order valence-corrected chi connectivity index (χ2v) is 8.73. The van der Waals surface area contributed by atoms with Crippen molar-refractivity contribution < 1.29 is 8.99 Å². The monoisotopic (exact) mass is 453 g/mol. The van der Waals surface area contributed by atoms with Crippen molar-refractivity contribution >= 4 is 35.3 Å². The van der Waals surface area contributed by atoms with Crippen LogP contribution in [0.3, 0.4) is 0 Å². The Hall–Kier alpha value is -3.11. The first-order chi connectivity index (χ1) is 15.6. The second kappa shape index (κ2) is 8.44. The summed E-state index contributed by atoms with van der Waals surface area (Å²) in [5.41, 5.74) is 4.55. The second-order valence-electron chi connectivity index (χ2n) is 8.21. The molecule has 3 aromatic heterocycles. The molecule has 0 bridgehead atoms. The molecule has 10 heteroatoms. The van der Waals surface area contributed by atoms with Crippen molar-refractivity contribution in [3.05, 3.63) is 66.1 Å². The minimum atomic E-state index is -0.218. The van der Waals surface area contributed by atoms with Gasteiger partial charge in [0.05, 0.1) is 30.4 Å². The summed E-state index contributed by atoms with van der Waals surface area (Å²) in [6.45, 7) is 3.83. The summed E-state index contributed by atoms with van der Waals surface area (Å²) in [7, 11) is 0. The van der Waals surface area contributed by atoms with Gasteiger partial charge in [-0.2, -0.15) is 14.2 Å². The zero-order valence-corrected chi connectivity index (χ0v) is 18.5. The van der Waals surface area contributed by atoms with Gasteiger partial charge in [0.25, 0.3) is 0 Å². The lowest BCUT2D eigenvalue weighted by atomic mass is 9.73. The summed E-state index contributed by atoms with van der Waals surface area (Å²) >= 11 is 0.0221. The van der Waals surface area contributed by atoms with Crippen LogP contribution in [0.1, 0.15) is 24.0 Å². The molecule has 0 atom stereocenters. The molecule has 0 aliphatic carbocycles. The van der Waals surface area contributed by atoms with Crippen LogP contribution >= 0.6 is 12.3 Å². The van der Waals surface area contributed by atoms with Crippen molar-refractivity contribution in [1.82, 2.24) is 23.8 Å². The molecule has 0 spiro atoms. The van der Waals surface area contributed by atoms with E-state index in [4.69, 9.17) is 0 Å². The van der Waals surface area contributed by atoms with Crippen molar-refractivity contribution in [2.24, 2.45) is 0 Å². The third kappa shape index (κ3) is 3.80. The Morgan fingerprint density at radius 2 is 1.97 bits per heavy atom. The topological polar surface area (TPSA) is 83.5 Å². The van der Waals surface area contributed by atoms with Crippen LogP contribution in [0.4, 0.5) is 21.2 Å². The van der Waals surface area contributed by atoms with Crippen molar-refractivity contribution in [2.45, 2.75) is 25.2 Å². The first-order valence-electron chi connectivity index (χ1n) is 10.5. The molecule has 0 amide bonds. The number of aliphatic hydroxyl groups excluding tert-OH is 1. The minimum Gasteiger partial charge on any atom is -0.395 e. The summed E-state index contributed by atoms with van der Waals surface area (Å²) in [6.07, 6.45) is 6.61. The summed E-state index contributed by atoms with van der Waals surface area (Å²) in [5.74, 6) is 0.419. The third-order valence-electron chi connectivity index (χ3n) is 6.26. The van der Waals surface area contributed by atoms with E-state index in [0.29, 0.717) is 11.6 Å². The van der Waals surface area contributed by atoms with Crippen LogP contribution in [0.25, 0.3) is 5.65 Å². The smallest absolute Gasteiger partial charge is 0.247 e. The normalized spacial score (nSPS) is 15.9. The number of anilines is 3. The summed E-state index contributed by atoms with van der Waals surface area (Å²) in [4.78, 5) is 6.95. The Kier molecular flexibility index (Phi) is 5.48. The summed E-state index contributed by atoms with van der Waals surface area (Å²) in [5, 5.41) is 21.7. The molecule has 1 saturated heterocycles. The predicted molar refractivity (Wildman–Crippen MR) is 124 cm³/mol. The Bertz CT molecular complexity index is 1210. The van der Waals surface area contributed by atoms with Crippen LogP contribution in [-0.2, 0) is 5.41 Å². The number of nitrogens with one attached hydrogen (secondary N) is 1. The first kappa shape index (κ1) is 20.8. The van der Waals surface area contributed by atoms with Crippen molar-refractivity contribution in [2.75, 3.05) is 29.9 Å². The number of aryl methyl sites for hydroxylation is 1. The number of pyridine rings is 1. The van der Waals surface area contributed by atoms with Gasteiger partial charge < -0.3 is 15.3 Å². The zero-order chi connectivity index (χ0) is 22.1. The van der Waals surface area contributed by atoms with E-state index < -0.39 is 0 Å². The fourth-order valence-corrected chi connectivity index (χ4v) is 4.59. The molecule has 1 aromatic carbocycles. The van der Waals surface area contributed by atoms with E-state index in [0.717, 1.165) is 41.4 Å². The van der Waals surface area contributed by atoms with Crippen LogP contribution in [-0.4, -0.2) is 48.6 Å². The Labute approximate surface area is 189 Å². The maximum absolute atomic E-state index is 12.6. The first-order valence-corrected chi connectivity index (χ1v) is 11.2. The van der Waals surface area contributed by atoms with Gasteiger partial charge in [-0.25, -0.2) is 4.52 Å². The molecule has 4 aromatic rings. The average molecular weight is 454 g/mol. The maximum Gasteiger partial charge on any atom is 0.247 e.